The topological polar surface area (TPSA) is 94.3 Å². The second-order valence-electron chi connectivity index (χ2n) is 6.14. The van der Waals surface area contributed by atoms with Crippen molar-refractivity contribution in [3.8, 4) is 11.5 Å². The number of rotatable bonds is 6. The molecule has 3 aromatic rings. The first-order chi connectivity index (χ1) is 13.4. The molecule has 1 N–H and O–H groups in total. The van der Waals surface area contributed by atoms with Crippen LogP contribution in [-0.4, -0.2) is 28.6 Å². The second-order valence-corrected chi connectivity index (χ2v) is 6.14. The molecule has 0 saturated carbocycles. The Bertz CT molecular complexity index is 985. The van der Waals surface area contributed by atoms with Crippen molar-refractivity contribution in [3.63, 3.8) is 0 Å². The Morgan fingerprint density at radius 2 is 1.93 bits per heavy atom. The maximum Gasteiger partial charge on any atom is 0.326 e. The van der Waals surface area contributed by atoms with Crippen LogP contribution < -0.4 is 5.32 Å². The standard InChI is InChI=1S/C20H18FN3O4/c1-12-4-3-5-15(10-12)18(26)22-11-17(25)27-13(2)19-23-24-20(28-19)14-6-8-16(21)9-7-14/h3-10,13H,11H2,1-2H3,(H,22,26)/t13-/m0/s1. The van der Waals surface area contributed by atoms with Gasteiger partial charge in [-0.1, -0.05) is 17.7 Å². The molecule has 0 aliphatic rings. The number of benzene rings is 2. The predicted octanol–water partition coefficient (Wildman–Crippen LogP) is 3.22. The Hall–Kier alpha value is -3.55. The monoisotopic (exact) mass is 383 g/mol. The van der Waals surface area contributed by atoms with Gasteiger partial charge in [-0.05, 0) is 50.2 Å². The van der Waals surface area contributed by atoms with Gasteiger partial charge in [0.25, 0.3) is 11.8 Å². The number of nitrogens with zero attached hydrogens (tertiary/aromatic N) is 2. The summed E-state index contributed by atoms with van der Waals surface area (Å²) in [5.74, 6) is -1.11. The van der Waals surface area contributed by atoms with Gasteiger partial charge in [-0.25, -0.2) is 4.39 Å². The number of carbonyl (C=O) groups excluding carboxylic acids is 2. The minimum absolute atomic E-state index is 0.0951. The minimum atomic E-state index is -0.801. The lowest BCUT2D eigenvalue weighted by atomic mass is 10.1. The number of aryl methyl sites for hydroxylation is 1. The highest BCUT2D eigenvalue weighted by molar-refractivity contribution is 5.96. The number of hydrogen-bond acceptors (Lipinski definition) is 6. The molecule has 0 aliphatic carbocycles. The van der Waals surface area contributed by atoms with E-state index in [0.29, 0.717) is 11.1 Å². The van der Waals surface area contributed by atoms with Crippen LogP contribution in [0.25, 0.3) is 11.5 Å². The highest BCUT2D eigenvalue weighted by Gasteiger charge is 2.19. The van der Waals surface area contributed by atoms with Crippen LogP contribution in [-0.2, 0) is 9.53 Å². The molecule has 7 nitrogen and oxygen atoms in total. The van der Waals surface area contributed by atoms with E-state index in [2.05, 4.69) is 15.5 Å². The molecule has 0 fully saturated rings. The molecule has 28 heavy (non-hydrogen) atoms. The van der Waals surface area contributed by atoms with E-state index in [9.17, 15) is 14.0 Å². The van der Waals surface area contributed by atoms with Gasteiger partial charge >= 0.3 is 5.97 Å². The number of hydrogen-bond donors (Lipinski definition) is 1. The van der Waals surface area contributed by atoms with Crippen LogP contribution in [0, 0.1) is 12.7 Å². The summed E-state index contributed by atoms with van der Waals surface area (Å²) < 4.78 is 23.7. The Morgan fingerprint density at radius 3 is 2.64 bits per heavy atom. The maximum absolute atomic E-state index is 13.0. The fourth-order valence-corrected chi connectivity index (χ4v) is 2.44. The molecule has 0 radical (unpaired) electrons. The van der Waals surface area contributed by atoms with Gasteiger partial charge in [0.1, 0.15) is 12.4 Å². The molecule has 144 valence electrons. The van der Waals surface area contributed by atoms with Crippen molar-refractivity contribution < 1.29 is 23.1 Å². The Kier molecular flexibility index (Phi) is 5.78. The van der Waals surface area contributed by atoms with E-state index >= 15 is 0 Å². The fourth-order valence-electron chi connectivity index (χ4n) is 2.44. The number of aromatic nitrogens is 2. The fraction of sp³-hybridized carbons (Fsp3) is 0.200. The summed E-state index contributed by atoms with van der Waals surface area (Å²) >= 11 is 0. The molecule has 0 aliphatic heterocycles. The van der Waals surface area contributed by atoms with Crippen LogP contribution in [0.1, 0.15) is 34.8 Å². The summed E-state index contributed by atoms with van der Waals surface area (Å²) in [4.78, 5) is 24.0. The zero-order chi connectivity index (χ0) is 20.1. The van der Waals surface area contributed by atoms with Crippen LogP contribution in [0.4, 0.5) is 4.39 Å². The zero-order valence-corrected chi connectivity index (χ0v) is 15.3. The third-order valence-corrected chi connectivity index (χ3v) is 3.86. The molecule has 1 heterocycles. The molecule has 1 aromatic heterocycles. The molecule has 8 heteroatoms. The number of carbonyl (C=O) groups is 2. The normalized spacial score (nSPS) is 11.7. The van der Waals surface area contributed by atoms with Gasteiger partial charge in [0.15, 0.2) is 6.10 Å². The van der Waals surface area contributed by atoms with E-state index in [1.807, 2.05) is 13.0 Å². The molecule has 2 aromatic carbocycles. The molecule has 0 spiro atoms. The average molecular weight is 383 g/mol. The summed E-state index contributed by atoms with van der Waals surface area (Å²) in [6.45, 7) is 3.15. The van der Waals surface area contributed by atoms with Crippen molar-refractivity contribution in [1.82, 2.24) is 15.5 Å². The van der Waals surface area contributed by atoms with Crippen molar-refractivity contribution in [1.29, 1.82) is 0 Å². The second kappa shape index (κ2) is 8.43. The minimum Gasteiger partial charge on any atom is -0.451 e. The largest absolute Gasteiger partial charge is 0.451 e. The summed E-state index contributed by atoms with van der Waals surface area (Å²) in [5, 5.41) is 10.2. The summed E-state index contributed by atoms with van der Waals surface area (Å²) in [7, 11) is 0. The van der Waals surface area contributed by atoms with E-state index in [1.54, 1.807) is 25.1 Å². The lowest BCUT2D eigenvalue weighted by molar-refractivity contribution is -0.148. The lowest BCUT2D eigenvalue weighted by Gasteiger charge is -2.10. The number of esters is 1. The van der Waals surface area contributed by atoms with Gasteiger partial charge in [0.2, 0.25) is 5.89 Å². The van der Waals surface area contributed by atoms with Crippen molar-refractivity contribution >= 4 is 11.9 Å². The van der Waals surface area contributed by atoms with E-state index in [1.165, 1.54) is 24.3 Å². The lowest BCUT2D eigenvalue weighted by Crippen LogP contribution is -2.31. The number of amides is 1. The van der Waals surface area contributed by atoms with E-state index < -0.39 is 12.1 Å². The highest BCUT2D eigenvalue weighted by Crippen LogP contribution is 2.22. The highest BCUT2D eigenvalue weighted by atomic mass is 19.1. The van der Waals surface area contributed by atoms with Crippen LogP contribution in [0.2, 0.25) is 0 Å². The first kappa shape index (κ1) is 19.2. The van der Waals surface area contributed by atoms with E-state index in [-0.39, 0.29) is 30.1 Å². The molecule has 0 bridgehead atoms. The van der Waals surface area contributed by atoms with Gasteiger partial charge in [-0.2, -0.15) is 0 Å². The molecular formula is C20H18FN3O4. The SMILES string of the molecule is Cc1cccc(C(=O)NCC(=O)O[C@@H](C)c2nnc(-c3ccc(F)cc3)o2)c1. The Balaban J connectivity index is 1.54. The van der Waals surface area contributed by atoms with Gasteiger partial charge in [-0.3, -0.25) is 9.59 Å². The molecule has 0 saturated heterocycles. The number of ether oxygens (including phenoxy) is 1. The predicted molar refractivity (Wildman–Crippen MR) is 97.7 cm³/mol. The first-order valence-electron chi connectivity index (χ1n) is 8.56. The van der Waals surface area contributed by atoms with Gasteiger partial charge in [0, 0.05) is 11.1 Å². The van der Waals surface area contributed by atoms with Crippen LogP contribution in [0.5, 0.6) is 0 Å². The van der Waals surface area contributed by atoms with Crippen LogP contribution >= 0.6 is 0 Å². The third kappa shape index (κ3) is 4.79. The summed E-state index contributed by atoms with van der Waals surface area (Å²) in [5.41, 5.74) is 1.95. The Labute approximate surface area is 160 Å². The van der Waals surface area contributed by atoms with Crippen molar-refractivity contribution in [2.24, 2.45) is 0 Å². The third-order valence-electron chi connectivity index (χ3n) is 3.86. The first-order valence-corrected chi connectivity index (χ1v) is 8.56. The van der Waals surface area contributed by atoms with Gasteiger partial charge in [0.05, 0.1) is 0 Å². The van der Waals surface area contributed by atoms with Gasteiger partial charge in [-0.15, -0.1) is 10.2 Å². The Morgan fingerprint density at radius 1 is 1.18 bits per heavy atom. The molecule has 3 rings (SSSR count). The molecular weight excluding hydrogens is 365 g/mol. The quantitative estimate of drug-likeness (QED) is 0.657. The van der Waals surface area contributed by atoms with Crippen LogP contribution in [0.3, 0.4) is 0 Å². The molecule has 0 unspecified atom stereocenters. The van der Waals surface area contributed by atoms with Crippen molar-refractivity contribution in [3.05, 3.63) is 71.4 Å². The average Bonchev–Trinajstić information content (AvgIpc) is 3.17. The van der Waals surface area contributed by atoms with Crippen molar-refractivity contribution in [2.75, 3.05) is 6.54 Å². The summed E-state index contributed by atoms with van der Waals surface area (Å²) in [6.07, 6.45) is -0.801. The smallest absolute Gasteiger partial charge is 0.326 e. The maximum atomic E-state index is 13.0. The zero-order valence-electron chi connectivity index (χ0n) is 15.3. The molecule has 1 atom stereocenters. The van der Waals surface area contributed by atoms with E-state index in [4.69, 9.17) is 9.15 Å². The van der Waals surface area contributed by atoms with Crippen molar-refractivity contribution in [2.45, 2.75) is 20.0 Å². The molecule has 1 amide bonds. The van der Waals surface area contributed by atoms with Gasteiger partial charge < -0.3 is 14.5 Å². The van der Waals surface area contributed by atoms with Crippen LogP contribution in [0.15, 0.2) is 52.9 Å². The number of nitrogens with one attached hydrogen (secondary N) is 1. The number of halogens is 1. The summed E-state index contributed by atoms with van der Waals surface area (Å²) in [6, 6.07) is 12.6. The van der Waals surface area contributed by atoms with E-state index in [0.717, 1.165) is 5.56 Å².